The molecule has 98 valence electrons. The first-order valence-electron chi connectivity index (χ1n) is 6.52. The van der Waals surface area contributed by atoms with E-state index in [1.54, 1.807) is 24.3 Å². The van der Waals surface area contributed by atoms with E-state index < -0.39 is 0 Å². The first kappa shape index (κ1) is 14.8. The minimum atomic E-state index is 0.630. The van der Waals surface area contributed by atoms with Crippen LogP contribution in [0.1, 0.15) is 55.8 Å². The fraction of sp³-hybridized carbons (Fsp3) is 0.467. The van der Waals surface area contributed by atoms with Crippen molar-refractivity contribution in [2.75, 3.05) is 0 Å². The Labute approximate surface area is 114 Å². The van der Waals surface area contributed by atoms with Crippen LogP contribution in [0.25, 0.3) is 0 Å². The van der Waals surface area contributed by atoms with Crippen molar-refractivity contribution in [3.05, 3.63) is 29.8 Å². The van der Waals surface area contributed by atoms with E-state index >= 15 is 0 Å². The van der Waals surface area contributed by atoms with E-state index in [0.29, 0.717) is 16.4 Å². The Morgan fingerprint density at radius 2 is 1.83 bits per heavy atom. The molecule has 0 aromatic heterocycles. The summed E-state index contributed by atoms with van der Waals surface area (Å²) in [4.78, 5) is 10.5. The predicted molar refractivity (Wildman–Crippen MR) is 78.4 cm³/mol. The maximum Gasteiger partial charge on any atom is 0.167 e. The van der Waals surface area contributed by atoms with Gasteiger partial charge in [0.15, 0.2) is 5.05 Å². The highest BCUT2D eigenvalue weighted by Gasteiger charge is 2.01. The van der Waals surface area contributed by atoms with Gasteiger partial charge in [-0.25, -0.2) is 0 Å². The summed E-state index contributed by atoms with van der Waals surface area (Å²) in [5.74, 6) is 0.708. The van der Waals surface area contributed by atoms with Gasteiger partial charge in [-0.15, -0.1) is 0 Å². The van der Waals surface area contributed by atoms with Gasteiger partial charge in [0.2, 0.25) is 0 Å². The molecule has 0 saturated carbocycles. The molecule has 2 nitrogen and oxygen atoms in total. The lowest BCUT2D eigenvalue weighted by Gasteiger charge is -2.07. The van der Waals surface area contributed by atoms with Gasteiger partial charge in [-0.3, -0.25) is 4.79 Å². The van der Waals surface area contributed by atoms with Crippen LogP contribution in [-0.2, 0) is 0 Å². The van der Waals surface area contributed by atoms with E-state index in [4.69, 9.17) is 17.0 Å². The molecule has 0 spiro atoms. The summed E-state index contributed by atoms with van der Waals surface area (Å²) >= 11 is 5.18. The van der Waals surface area contributed by atoms with Crippen LogP contribution in [0.3, 0.4) is 0 Å². The lowest BCUT2D eigenvalue weighted by Crippen LogP contribution is -2.04. The third-order valence-electron chi connectivity index (χ3n) is 2.73. The van der Waals surface area contributed by atoms with Gasteiger partial charge >= 0.3 is 0 Å². The Kier molecular flexibility index (Phi) is 7.26. The highest BCUT2D eigenvalue weighted by Crippen LogP contribution is 2.14. The molecule has 1 aromatic carbocycles. The van der Waals surface area contributed by atoms with Crippen LogP contribution in [0.4, 0.5) is 0 Å². The third kappa shape index (κ3) is 5.92. The van der Waals surface area contributed by atoms with Crippen LogP contribution in [0.15, 0.2) is 24.3 Å². The lowest BCUT2D eigenvalue weighted by molar-refractivity contribution is 0.112. The summed E-state index contributed by atoms with van der Waals surface area (Å²) in [5, 5.41) is 0.630. The minimum Gasteiger partial charge on any atom is -0.450 e. The SMILES string of the molecule is CCCCCCCC(=S)Oc1ccc(C=O)cc1. The lowest BCUT2D eigenvalue weighted by atomic mass is 10.1. The first-order chi connectivity index (χ1) is 8.76. The molecular formula is C15H20O2S. The normalized spacial score (nSPS) is 10.1. The Hall–Kier alpha value is -1.22. The maximum atomic E-state index is 10.5. The van der Waals surface area contributed by atoms with E-state index in [0.717, 1.165) is 19.1 Å². The molecule has 1 aromatic rings. The van der Waals surface area contributed by atoms with Crippen molar-refractivity contribution in [2.45, 2.75) is 45.4 Å². The van der Waals surface area contributed by atoms with Crippen molar-refractivity contribution < 1.29 is 9.53 Å². The molecule has 18 heavy (non-hydrogen) atoms. The second kappa shape index (κ2) is 8.81. The second-order valence-electron chi connectivity index (χ2n) is 4.33. The van der Waals surface area contributed by atoms with Crippen molar-refractivity contribution >= 4 is 23.6 Å². The summed E-state index contributed by atoms with van der Waals surface area (Å²) < 4.78 is 5.54. The number of unbranched alkanes of at least 4 members (excludes halogenated alkanes) is 4. The van der Waals surface area contributed by atoms with Crippen LogP contribution in [0.5, 0.6) is 5.75 Å². The van der Waals surface area contributed by atoms with Crippen molar-refractivity contribution in [1.82, 2.24) is 0 Å². The van der Waals surface area contributed by atoms with Gasteiger partial charge in [-0.2, -0.15) is 0 Å². The zero-order chi connectivity index (χ0) is 13.2. The summed E-state index contributed by atoms with van der Waals surface area (Å²) in [7, 11) is 0. The van der Waals surface area contributed by atoms with E-state index in [1.165, 1.54) is 25.7 Å². The molecule has 0 unspecified atom stereocenters. The largest absolute Gasteiger partial charge is 0.450 e. The third-order valence-corrected chi connectivity index (χ3v) is 3.02. The number of benzene rings is 1. The van der Waals surface area contributed by atoms with Gasteiger partial charge in [0.1, 0.15) is 12.0 Å². The van der Waals surface area contributed by atoms with E-state index in [-0.39, 0.29) is 0 Å². The molecule has 0 radical (unpaired) electrons. The summed E-state index contributed by atoms with van der Waals surface area (Å²) in [6.07, 6.45) is 7.76. The molecule has 0 N–H and O–H groups in total. The zero-order valence-corrected chi connectivity index (χ0v) is 11.7. The Bertz CT molecular complexity index is 371. The topological polar surface area (TPSA) is 26.3 Å². The molecule has 0 atom stereocenters. The molecule has 0 saturated heterocycles. The number of carbonyl (C=O) groups is 1. The smallest absolute Gasteiger partial charge is 0.167 e. The molecule has 0 aliphatic rings. The molecule has 0 amide bonds. The van der Waals surface area contributed by atoms with Crippen molar-refractivity contribution in [3.8, 4) is 5.75 Å². The number of aldehydes is 1. The van der Waals surface area contributed by atoms with Gasteiger partial charge in [0.05, 0.1) is 0 Å². The first-order valence-corrected chi connectivity index (χ1v) is 6.93. The van der Waals surface area contributed by atoms with Crippen LogP contribution in [0.2, 0.25) is 0 Å². The zero-order valence-electron chi connectivity index (χ0n) is 10.9. The number of rotatable bonds is 8. The molecule has 0 aliphatic heterocycles. The molecule has 3 heteroatoms. The summed E-state index contributed by atoms with van der Waals surface area (Å²) in [5.41, 5.74) is 0.646. The van der Waals surface area contributed by atoms with Gasteiger partial charge < -0.3 is 4.74 Å². The Balaban J connectivity index is 2.24. The number of carbonyl (C=O) groups excluding carboxylic acids is 1. The van der Waals surface area contributed by atoms with Crippen molar-refractivity contribution in [2.24, 2.45) is 0 Å². The highest BCUT2D eigenvalue weighted by molar-refractivity contribution is 7.80. The van der Waals surface area contributed by atoms with Crippen LogP contribution in [-0.4, -0.2) is 11.3 Å². The van der Waals surface area contributed by atoms with Gasteiger partial charge in [0.25, 0.3) is 0 Å². The van der Waals surface area contributed by atoms with Gasteiger partial charge in [0, 0.05) is 12.0 Å². The molecule has 1 rings (SSSR count). The number of hydrogen-bond acceptors (Lipinski definition) is 3. The molecular weight excluding hydrogens is 244 g/mol. The van der Waals surface area contributed by atoms with Gasteiger partial charge in [-0.1, -0.05) is 32.6 Å². The van der Waals surface area contributed by atoms with E-state index in [9.17, 15) is 4.79 Å². The summed E-state index contributed by atoms with van der Waals surface area (Å²) in [6.45, 7) is 2.21. The average molecular weight is 264 g/mol. The van der Waals surface area contributed by atoms with Gasteiger partial charge in [-0.05, 0) is 42.9 Å². The van der Waals surface area contributed by atoms with Crippen molar-refractivity contribution in [3.63, 3.8) is 0 Å². The fourth-order valence-electron chi connectivity index (χ4n) is 1.67. The highest BCUT2D eigenvalue weighted by atomic mass is 32.1. The second-order valence-corrected chi connectivity index (χ2v) is 4.78. The minimum absolute atomic E-state index is 0.630. The number of hydrogen-bond donors (Lipinski definition) is 0. The molecule has 0 heterocycles. The van der Waals surface area contributed by atoms with E-state index in [1.807, 2.05) is 0 Å². The van der Waals surface area contributed by atoms with Crippen LogP contribution >= 0.6 is 12.2 Å². The summed E-state index contributed by atoms with van der Waals surface area (Å²) in [6, 6.07) is 7.00. The van der Waals surface area contributed by atoms with Crippen molar-refractivity contribution in [1.29, 1.82) is 0 Å². The molecule has 0 bridgehead atoms. The fourth-order valence-corrected chi connectivity index (χ4v) is 1.91. The quantitative estimate of drug-likeness (QED) is 0.391. The number of thiocarbonyl (C=S) groups is 1. The maximum absolute atomic E-state index is 10.5. The number of ether oxygens (including phenoxy) is 1. The van der Waals surface area contributed by atoms with Crippen LogP contribution < -0.4 is 4.74 Å². The molecule has 0 fully saturated rings. The monoisotopic (exact) mass is 264 g/mol. The van der Waals surface area contributed by atoms with E-state index in [2.05, 4.69) is 6.92 Å². The molecule has 0 aliphatic carbocycles. The standard InChI is InChI=1S/C15H20O2S/c1-2-3-4-5-6-7-15(18)17-14-10-8-13(12-16)9-11-14/h8-12H,2-7H2,1H3. The Morgan fingerprint density at radius 1 is 1.17 bits per heavy atom. The van der Waals surface area contributed by atoms with Crippen LogP contribution in [0, 0.1) is 0 Å². The predicted octanol–water partition coefficient (Wildman–Crippen LogP) is 4.57. The Morgan fingerprint density at radius 3 is 2.44 bits per heavy atom. The average Bonchev–Trinajstić information content (AvgIpc) is 2.39.